The van der Waals surface area contributed by atoms with E-state index in [-0.39, 0.29) is 34.8 Å². The van der Waals surface area contributed by atoms with E-state index in [1.165, 1.54) is 12.1 Å². The van der Waals surface area contributed by atoms with Crippen molar-refractivity contribution in [2.45, 2.75) is 6.92 Å². The molecule has 0 saturated carbocycles. The fourth-order valence-electron chi connectivity index (χ4n) is 1.90. The van der Waals surface area contributed by atoms with Crippen LogP contribution < -0.4 is 9.47 Å². The molecule has 0 fully saturated rings. The smallest absolute Gasteiger partial charge is 0.338 e. The lowest BCUT2D eigenvalue weighted by Crippen LogP contribution is -2.12. The Morgan fingerprint density at radius 3 is 2.25 bits per heavy atom. The summed E-state index contributed by atoms with van der Waals surface area (Å²) < 4.78 is 15.8. The van der Waals surface area contributed by atoms with Crippen LogP contribution in [0.3, 0.4) is 0 Å². The van der Waals surface area contributed by atoms with Gasteiger partial charge >= 0.3 is 5.97 Å². The molecule has 0 aliphatic carbocycles. The summed E-state index contributed by atoms with van der Waals surface area (Å²) in [6.07, 6.45) is 0. The van der Waals surface area contributed by atoms with Gasteiger partial charge in [-0.1, -0.05) is 23.2 Å². The van der Waals surface area contributed by atoms with Crippen LogP contribution >= 0.6 is 23.2 Å². The van der Waals surface area contributed by atoms with Crippen molar-refractivity contribution >= 4 is 29.2 Å². The van der Waals surface area contributed by atoms with Gasteiger partial charge in [0.15, 0.2) is 5.75 Å². The number of aromatic hydroxyl groups is 1. The van der Waals surface area contributed by atoms with Crippen molar-refractivity contribution in [2.24, 2.45) is 0 Å². The molecule has 0 aliphatic heterocycles. The minimum Gasteiger partial charge on any atom is -0.508 e. The summed E-state index contributed by atoms with van der Waals surface area (Å²) in [5.41, 5.74) is 0.416. The van der Waals surface area contributed by atoms with E-state index < -0.39 is 5.97 Å². The minimum absolute atomic E-state index is 0.0274. The molecule has 0 bridgehead atoms. The van der Waals surface area contributed by atoms with Gasteiger partial charge in [0, 0.05) is 12.1 Å². The maximum atomic E-state index is 11.9. The molecule has 0 aliphatic rings. The number of esters is 1. The summed E-state index contributed by atoms with van der Waals surface area (Å²) in [7, 11) is 0. The molecule has 2 aromatic rings. The molecule has 0 saturated heterocycles. The molecule has 24 heavy (non-hydrogen) atoms. The summed E-state index contributed by atoms with van der Waals surface area (Å²) in [6, 6.07) is 9.28. The zero-order valence-corrected chi connectivity index (χ0v) is 14.4. The van der Waals surface area contributed by atoms with Crippen LogP contribution in [0.15, 0.2) is 36.4 Å². The van der Waals surface area contributed by atoms with Crippen LogP contribution in [0.25, 0.3) is 0 Å². The van der Waals surface area contributed by atoms with Gasteiger partial charge in [-0.05, 0) is 31.2 Å². The van der Waals surface area contributed by atoms with E-state index in [4.69, 9.17) is 37.4 Å². The zero-order valence-electron chi connectivity index (χ0n) is 12.9. The fraction of sp³-hybridized carbons (Fsp3) is 0.235. The number of benzene rings is 2. The topological polar surface area (TPSA) is 65.0 Å². The van der Waals surface area contributed by atoms with Crippen LogP contribution in [0.2, 0.25) is 10.0 Å². The van der Waals surface area contributed by atoms with Crippen molar-refractivity contribution in [3.05, 3.63) is 52.0 Å². The molecule has 7 heteroatoms. The quantitative estimate of drug-likeness (QED) is 0.580. The van der Waals surface area contributed by atoms with Crippen molar-refractivity contribution in [2.75, 3.05) is 19.8 Å². The highest BCUT2D eigenvalue weighted by Crippen LogP contribution is 2.36. The lowest BCUT2D eigenvalue weighted by Gasteiger charge is -2.11. The van der Waals surface area contributed by atoms with Crippen molar-refractivity contribution < 1.29 is 24.1 Å². The predicted molar refractivity (Wildman–Crippen MR) is 91.5 cm³/mol. The Balaban J connectivity index is 1.83. The molecular weight excluding hydrogens is 355 g/mol. The zero-order chi connectivity index (χ0) is 17.5. The summed E-state index contributed by atoms with van der Waals surface area (Å²) in [6.45, 7) is 2.55. The molecule has 2 rings (SSSR count). The number of hydrogen-bond donors (Lipinski definition) is 1. The van der Waals surface area contributed by atoms with Gasteiger partial charge in [-0.25, -0.2) is 4.79 Å². The van der Waals surface area contributed by atoms with Crippen LogP contribution in [0.5, 0.6) is 17.2 Å². The molecule has 0 aromatic heterocycles. The molecule has 0 amide bonds. The molecule has 0 radical (unpaired) electrons. The SMILES string of the molecule is CCOc1ccc(C(=O)OCCOc2c(Cl)cc(O)cc2Cl)cc1. The van der Waals surface area contributed by atoms with E-state index in [0.717, 1.165) is 0 Å². The standard InChI is InChI=1S/C17H16Cl2O5/c1-2-22-13-5-3-11(4-6-13)17(21)24-8-7-23-16-14(18)9-12(20)10-15(16)19/h3-6,9-10,20H,2,7-8H2,1H3. The van der Waals surface area contributed by atoms with Crippen LogP contribution in [0, 0.1) is 0 Å². The first-order valence-electron chi connectivity index (χ1n) is 7.22. The van der Waals surface area contributed by atoms with Crippen LogP contribution in [-0.4, -0.2) is 30.9 Å². The summed E-state index contributed by atoms with van der Waals surface area (Å²) in [5.74, 6) is 0.395. The van der Waals surface area contributed by atoms with Crippen LogP contribution in [-0.2, 0) is 4.74 Å². The number of rotatable bonds is 7. The fourth-order valence-corrected chi connectivity index (χ4v) is 2.48. The maximum absolute atomic E-state index is 11.9. The van der Waals surface area contributed by atoms with Gasteiger partial charge in [0.05, 0.1) is 22.2 Å². The highest BCUT2D eigenvalue weighted by Gasteiger charge is 2.11. The Morgan fingerprint density at radius 2 is 1.67 bits per heavy atom. The number of carbonyl (C=O) groups is 1. The minimum atomic E-state index is -0.468. The van der Waals surface area contributed by atoms with Gasteiger partial charge in [0.25, 0.3) is 0 Å². The summed E-state index contributed by atoms with van der Waals surface area (Å²) in [5, 5.41) is 9.70. The highest BCUT2D eigenvalue weighted by atomic mass is 35.5. The van der Waals surface area contributed by atoms with Crippen LogP contribution in [0.1, 0.15) is 17.3 Å². The van der Waals surface area contributed by atoms with E-state index in [1.54, 1.807) is 24.3 Å². The second kappa shape index (κ2) is 8.66. The second-order valence-electron chi connectivity index (χ2n) is 4.68. The van der Waals surface area contributed by atoms with Crippen molar-refractivity contribution in [3.8, 4) is 17.2 Å². The summed E-state index contributed by atoms with van der Waals surface area (Å²) in [4.78, 5) is 11.9. The first-order chi connectivity index (χ1) is 11.5. The molecular formula is C17H16Cl2O5. The lowest BCUT2D eigenvalue weighted by atomic mass is 10.2. The molecule has 2 aromatic carbocycles. The van der Waals surface area contributed by atoms with Gasteiger partial charge in [-0.3, -0.25) is 0 Å². The number of halogens is 2. The number of carbonyl (C=O) groups excluding carboxylic acids is 1. The Bertz CT molecular complexity index is 678. The number of hydrogen-bond acceptors (Lipinski definition) is 5. The van der Waals surface area contributed by atoms with Crippen LogP contribution in [0.4, 0.5) is 0 Å². The molecule has 5 nitrogen and oxygen atoms in total. The first kappa shape index (κ1) is 18.2. The number of phenols is 1. The molecule has 128 valence electrons. The van der Waals surface area contributed by atoms with Gasteiger partial charge < -0.3 is 19.3 Å². The Kier molecular flexibility index (Phi) is 6.58. The van der Waals surface area contributed by atoms with Gasteiger partial charge in [0.1, 0.15) is 24.7 Å². The molecule has 1 N–H and O–H groups in total. The second-order valence-corrected chi connectivity index (χ2v) is 5.49. The third-order valence-electron chi connectivity index (χ3n) is 2.95. The highest BCUT2D eigenvalue weighted by molar-refractivity contribution is 6.37. The third-order valence-corrected chi connectivity index (χ3v) is 3.51. The van der Waals surface area contributed by atoms with Crippen molar-refractivity contribution in [1.82, 2.24) is 0 Å². The number of ether oxygens (including phenoxy) is 3. The molecule has 0 unspecified atom stereocenters. The maximum Gasteiger partial charge on any atom is 0.338 e. The third kappa shape index (κ3) is 4.94. The summed E-state index contributed by atoms with van der Waals surface area (Å²) >= 11 is 11.8. The van der Waals surface area contributed by atoms with Gasteiger partial charge in [-0.2, -0.15) is 0 Å². The first-order valence-corrected chi connectivity index (χ1v) is 7.97. The Morgan fingerprint density at radius 1 is 1.04 bits per heavy atom. The van der Waals surface area contributed by atoms with Gasteiger partial charge in [0.2, 0.25) is 0 Å². The average Bonchev–Trinajstić information content (AvgIpc) is 2.54. The van der Waals surface area contributed by atoms with E-state index in [0.29, 0.717) is 17.9 Å². The Hall–Kier alpha value is -2.11. The van der Waals surface area contributed by atoms with E-state index in [9.17, 15) is 9.90 Å². The Labute approximate surface area is 149 Å². The van der Waals surface area contributed by atoms with E-state index in [2.05, 4.69) is 0 Å². The monoisotopic (exact) mass is 370 g/mol. The average molecular weight is 371 g/mol. The van der Waals surface area contributed by atoms with Gasteiger partial charge in [-0.15, -0.1) is 0 Å². The normalized spacial score (nSPS) is 10.3. The predicted octanol–water partition coefficient (Wildman–Crippen LogP) is 4.33. The van der Waals surface area contributed by atoms with E-state index >= 15 is 0 Å². The molecule has 0 atom stereocenters. The van der Waals surface area contributed by atoms with Crippen molar-refractivity contribution in [3.63, 3.8) is 0 Å². The lowest BCUT2D eigenvalue weighted by molar-refractivity contribution is 0.0450. The largest absolute Gasteiger partial charge is 0.508 e. The van der Waals surface area contributed by atoms with E-state index in [1.807, 2.05) is 6.92 Å². The molecule has 0 spiro atoms. The molecule has 0 heterocycles. The van der Waals surface area contributed by atoms with Crippen molar-refractivity contribution in [1.29, 1.82) is 0 Å². The number of phenolic OH excluding ortho intramolecular Hbond substituents is 1.